The normalized spacial score (nSPS) is 10.6. The second-order valence-corrected chi connectivity index (χ2v) is 5.36. The van der Waals surface area contributed by atoms with E-state index in [-0.39, 0.29) is 5.95 Å². The predicted molar refractivity (Wildman–Crippen MR) is 83.8 cm³/mol. The fraction of sp³-hybridized carbons (Fsp3) is 0. The minimum atomic E-state index is 0.101. The number of nitrogen functional groups attached to an aromatic ring is 1. The largest absolute Gasteiger partial charge is 0.368 e. The lowest BCUT2D eigenvalue weighted by molar-refractivity contribution is 0.906. The molecule has 0 radical (unpaired) electrons. The van der Waals surface area contributed by atoms with Gasteiger partial charge in [0.15, 0.2) is 0 Å². The first-order chi connectivity index (χ1) is 10.1. The van der Waals surface area contributed by atoms with Crippen molar-refractivity contribution >= 4 is 45.1 Å². The molecule has 0 bridgehead atoms. The first kappa shape index (κ1) is 13.8. The van der Waals surface area contributed by atoms with E-state index < -0.39 is 0 Å². The molecule has 0 spiro atoms. The Balaban J connectivity index is 1.95. The summed E-state index contributed by atoms with van der Waals surface area (Å²) in [6.07, 6.45) is 4.91. The Bertz CT molecular complexity index is 775. The van der Waals surface area contributed by atoms with E-state index in [1.807, 2.05) is 12.1 Å². The highest BCUT2D eigenvalue weighted by Gasteiger charge is 2.08. The van der Waals surface area contributed by atoms with Crippen molar-refractivity contribution in [2.24, 2.45) is 0 Å². The Labute approximate surface area is 133 Å². The minimum absolute atomic E-state index is 0.101. The molecule has 0 aliphatic rings. The fourth-order valence-electron chi connectivity index (χ4n) is 1.64. The van der Waals surface area contributed by atoms with Crippen LogP contribution in [0.25, 0.3) is 5.95 Å². The van der Waals surface area contributed by atoms with Gasteiger partial charge in [-0.2, -0.15) is 15.0 Å². The predicted octanol–water partition coefficient (Wildman–Crippen LogP) is 2.80. The molecule has 21 heavy (non-hydrogen) atoms. The lowest BCUT2D eigenvalue weighted by Crippen LogP contribution is -2.08. The summed E-state index contributed by atoms with van der Waals surface area (Å²) >= 11 is 9.50. The summed E-state index contributed by atoms with van der Waals surface area (Å²) in [5.41, 5.74) is 6.37. The fourth-order valence-corrected chi connectivity index (χ4v) is 2.36. The third-order valence-electron chi connectivity index (χ3n) is 2.55. The number of imidazole rings is 1. The van der Waals surface area contributed by atoms with E-state index in [1.165, 1.54) is 0 Å². The van der Waals surface area contributed by atoms with Gasteiger partial charge in [-0.05, 0) is 18.2 Å². The molecule has 0 saturated heterocycles. The molecule has 0 saturated carbocycles. The molecule has 0 fully saturated rings. The molecule has 1 aromatic carbocycles. The van der Waals surface area contributed by atoms with E-state index in [0.29, 0.717) is 22.6 Å². The van der Waals surface area contributed by atoms with Crippen LogP contribution in [0.1, 0.15) is 0 Å². The maximum Gasteiger partial charge on any atom is 0.241 e. The summed E-state index contributed by atoms with van der Waals surface area (Å²) in [4.78, 5) is 16.3. The molecule has 0 aliphatic carbocycles. The number of aromatic nitrogens is 5. The molecule has 0 atom stereocenters. The molecule has 0 unspecified atom stereocenters. The molecule has 7 nitrogen and oxygen atoms in total. The van der Waals surface area contributed by atoms with E-state index >= 15 is 0 Å². The summed E-state index contributed by atoms with van der Waals surface area (Å²) < 4.78 is 2.51. The van der Waals surface area contributed by atoms with Gasteiger partial charge in [0.1, 0.15) is 6.33 Å². The van der Waals surface area contributed by atoms with Crippen molar-refractivity contribution in [2.75, 3.05) is 11.1 Å². The van der Waals surface area contributed by atoms with E-state index in [0.717, 1.165) is 4.47 Å². The Hall–Kier alpha value is -2.19. The monoisotopic (exact) mass is 365 g/mol. The summed E-state index contributed by atoms with van der Waals surface area (Å²) in [5.74, 6) is 0.774. The van der Waals surface area contributed by atoms with Gasteiger partial charge < -0.3 is 11.1 Å². The van der Waals surface area contributed by atoms with Crippen LogP contribution in [0.15, 0.2) is 41.4 Å². The number of halogens is 2. The first-order valence-electron chi connectivity index (χ1n) is 5.84. The van der Waals surface area contributed by atoms with Crippen LogP contribution in [-0.4, -0.2) is 24.5 Å². The van der Waals surface area contributed by atoms with E-state index in [9.17, 15) is 0 Å². The zero-order valence-electron chi connectivity index (χ0n) is 10.5. The van der Waals surface area contributed by atoms with Crippen LogP contribution in [0.4, 0.5) is 17.6 Å². The average Bonchev–Trinajstić information content (AvgIpc) is 2.95. The van der Waals surface area contributed by atoms with Gasteiger partial charge in [-0.25, -0.2) is 4.98 Å². The lowest BCUT2D eigenvalue weighted by Gasteiger charge is -2.09. The summed E-state index contributed by atoms with van der Waals surface area (Å²) in [6.45, 7) is 0. The van der Waals surface area contributed by atoms with Crippen molar-refractivity contribution in [3.8, 4) is 5.95 Å². The molecular formula is C12H9BrClN7. The zero-order valence-corrected chi connectivity index (χ0v) is 12.9. The van der Waals surface area contributed by atoms with Crippen LogP contribution in [0.3, 0.4) is 0 Å². The van der Waals surface area contributed by atoms with Crippen LogP contribution in [0.5, 0.6) is 0 Å². The van der Waals surface area contributed by atoms with Crippen LogP contribution >= 0.6 is 27.5 Å². The van der Waals surface area contributed by atoms with E-state index in [1.54, 1.807) is 29.4 Å². The number of benzene rings is 1. The van der Waals surface area contributed by atoms with Crippen molar-refractivity contribution in [3.05, 3.63) is 46.4 Å². The number of nitrogens with zero attached hydrogens (tertiary/aromatic N) is 5. The van der Waals surface area contributed by atoms with Gasteiger partial charge in [-0.3, -0.25) is 4.57 Å². The molecule has 2 heterocycles. The van der Waals surface area contributed by atoms with Crippen molar-refractivity contribution in [2.45, 2.75) is 0 Å². The molecule has 3 aromatic rings. The highest BCUT2D eigenvalue weighted by molar-refractivity contribution is 9.10. The van der Waals surface area contributed by atoms with Crippen molar-refractivity contribution in [3.63, 3.8) is 0 Å². The van der Waals surface area contributed by atoms with E-state index in [2.05, 4.69) is 41.2 Å². The number of hydrogen-bond acceptors (Lipinski definition) is 6. The van der Waals surface area contributed by atoms with Gasteiger partial charge in [0.2, 0.25) is 17.8 Å². The quantitative estimate of drug-likeness (QED) is 0.740. The molecule has 106 valence electrons. The maximum absolute atomic E-state index is 6.15. The third kappa shape index (κ3) is 3.11. The number of hydrogen-bond donors (Lipinski definition) is 2. The molecule has 0 aliphatic heterocycles. The Morgan fingerprint density at radius 1 is 1.24 bits per heavy atom. The Morgan fingerprint density at radius 2 is 2.10 bits per heavy atom. The van der Waals surface area contributed by atoms with Gasteiger partial charge in [-0.1, -0.05) is 27.5 Å². The van der Waals surface area contributed by atoms with Gasteiger partial charge in [-0.15, -0.1) is 0 Å². The maximum atomic E-state index is 6.15. The highest BCUT2D eigenvalue weighted by atomic mass is 79.9. The van der Waals surface area contributed by atoms with Crippen LogP contribution in [0.2, 0.25) is 5.02 Å². The molecular weight excluding hydrogens is 358 g/mol. The standard InChI is InChI=1S/C12H9BrClN7/c13-7-1-2-9(8(14)5-7)17-11-18-10(15)19-12(20-11)21-4-3-16-6-21/h1-6H,(H3,15,17,18,19,20). The Morgan fingerprint density at radius 3 is 2.81 bits per heavy atom. The molecule has 9 heteroatoms. The van der Waals surface area contributed by atoms with E-state index in [4.69, 9.17) is 17.3 Å². The highest BCUT2D eigenvalue weighted by Crippen LogP contribution is 2.27. The summed E-state index contributed by atoms with van der Waals surface area (Å²) in [6, 6.07) is 5.43. The van der Waals surface area contributed by atoms with Gasteiger partial charge in [0, 0.05) is 16.9 Å². The first-order valence-corrected chi connectivity index (χ1v) is 7.01. The molecule has 3 rings (SSSR count). The van der Waals surface area contributed by atoms with Gasteiger partial charge in [0.25, 0.3) is 0 Å². The Kier molecular flexibility index (Phi) is 3.72. The number of nitrogens with two attached hydrogens (primary N) is 1. The van der Waals surface area contributed by atoms with Crippen LogP contribution in [-0.2, 0) is 0 Å². The summed E-state index contributed by atoms with van der Waals surface area (Å²) in [5, 5.41) is 3.55. The third-order valence-corrected chi connectivity index (χ3v) is 3.36. The minimum Gasteiger partial charge on any atom is -0.368 e. The second-order valence-electron chi connectivity index (χ2n) is 4.04. The van der Waals surface area contributed by atoms with Crippen molar-refractivity contribution < 1.29 is 0 Å². The van der Waals surface area contributed by atoms with Gasteiger partial charge >= 0.3 is 0 Å². The molecule has 3 N–H and O–H groups in total. The molecule has 0 amide bonds. The zero-order chi connectivity index (χ0) is 14.8. The smallest absolute Gasteiger partial charge is 0.241 e. The topological polar surface area (TPSA) is 94.5 Å². The van der Waals surface area contributed by atoms with Gasteiger partial charge in [0.05, 0.1) is 10.7 Å². The SMILES string of the molecule is Nc1nc(Nc2ccc(Br)cc2Cl)nc(-n2ccnc2)n1. The average molecular weight is 367 g/mol. The van der Waals surface area contributed by atoms with Crippen LogP contribution < -0.4 is 11.1 Å². The summed E-state index contributed by atoms with van der Waals surface area (Å²) in [7, 11) is 0. The molecule has 2 aromatic heterocycles. The number of rotatable bonds is 3. The van der Waals surface area contributed by atoms with Crippen molar-refractivity contribution in [1.82, 2.24) is 24.5 Å². The second kappa shape index (κ2) is 5.66. The number of nitrogens with one attached hydrogen (secondary N) is 1. The number of anilines is 3. The lowest BCUT2D eigenvalue weighted by atomic mass is 10.3. The van der Waals surface area contributed by atoms with Crippen LogP contribution in [0, 0.1) is 0 Å². The van der Waals surface area contributed by atoms with Crippen molar-refractivity contribution in [1.29, 1.82) is 0 Å².